The number of methoxy groups -OCH3 is 1. The molecule has 0 aliphatic heterocycles. The number of hydrogen-bond acceptors (Lipinski definition) is 5. The highest BCUT2D eigenvalue weighted by Crippen LogP contribution is 2.29. The lowest BCUT2D eigenvalue weighted by Crippen LogP contribution is -2.23. The van der Waals surface area contributed by atoms with Crippen molar-refractivity contribution in [2.75, 3.05) is 7.11 Å². The highest BCUT2D eigenvalue weighted by atomic mass is 32.1. The molecule has 2 aromatic heterocycles. The maximum atomic E-state index is 12.6. The van der Waals surface area contributed by atoms with Crippen LogP contribution in [0.1, 0.15) is 21.8 Å². The van der Waals surface area contributed by atoms with Crippen molar-refractivity contribution in [1.82, 2.24) is 10.3 Å². The molecule has 2 aromatic carbocycles. The number of furan rings is 1. The summed E-state index contributed by atoms with van der Waals surface area (Å²) in [6, 6.07) is 15.5. The molecule has 0 unspecified atom stereocenters. The maximum absolute atomic E-state index is 12.6. The molecule has 0 saturated carbocycles. The van der Waals surface area contributed by atoms with E-state index in [1.807, 2.05) is 60.8 Å². The van der Waals surface area contributed by atoms with Crippen molar-refractivity contribution in [2.24, 2.45) is 0 Å². The van der Waals surface area contributed by atoms with Crippen LogP contribution in [0.2, 0.25) is 0 Å². The Kier molecular flexibility index (Phi) is 4.64. The molecule has 2 heterocycles. The largest absolute Gasteiger partial charge is 0.497 e. The van der Waals surface area contributed by atoms with Crippen molar-refractivity contribution in [3.63, 3.8) is 0 Å². The number of nitrogens with one attached hydrogen (secondary N) is 1. The molecule has 0 atom stereocenters. The van der Waals surface area contributed by atoms with Gasteiger partial charge in [0.25, 0.3) is 5.91 Å². The lowest BCUT2D eigenvalue weighted by Gasteiger charge is -2.01. The first kappa shape index (κ1) is 17.3. The van der Waals surface area contributed by atoms with E-state index in [0.29, 0.717) is 17.9 Å². The van der Waals surface area contributed by atoms with Crippen molar-refractivity contribution in [3.8, 4) is 16.3 Å². The van der Waals surface area contributed by atoms with E-state index >= 15 is 0 Å². The summed E-state index contributed by atoms with van der Waals surface area (Å²) in [6.07, 6.45) is 0. The molecule has 1 N–H and O–H groups in total. The van der Waals surface area contributed by atoms with Crippen LogP contribution < -0.4 is 10.1 Å². The van der Waals surface area contributed by atoms with Crippen LogP contribution in [0.3, 0.4) is 0 Å². The first-order valence-corrected chi connectivity index (χ1v) is 9.39. The van der Waals surface area contributed by atoms with Crippen LogP contribution in [-0.4, -0.2) is 18.0 Å². The molecule has 0 aliphatic carbocycles. The van der Waals surface area contributed by atoms with Crippen LogP contribution in [-0.2, 0) is 6.54 Å². The van der Waals surface area contributed by atoms with E-state index in [4.69, 9.17) is 9.15 Å². The van der Waals surface area contributed by atoms with Gasteiger partial charge in [0.05, 0.1) is 19.3 Å². The molecule has 0 fully saturated rings. The van der Waals surface area contributed by atoms with Gasteiger partial charge in [0.2, 0.25) is 0 Å². The van der Waals surface area contributed by atoms with Gasteiger partial charge in [-0.15, -0.1) is 11.3 Å². The average Bonchev–Trinajstić information content (AvgIpc) is 3.31. The molecule has 4 rings (SSSR count). The zero-order valence-electron chi connectivity index (χ0n) is 15.0. The third-order valence-corrected chi connectivity index (χ3v) is 5.29. The van der Waals surface area contributed by atoms with E-state index < -0.39 is 0 Å². The molecule has 27 heavy (non-hydrogen) atoms. The number of carbonyl (C=O) groups is 1. The fourth-order valence-corrected chi connectivity index (χ4v) is 3.72. The number of hydrogen-bond donors (Lipinski definition) is 1. The van der Waals surface area contributed by atoms with Gasteiger partial charge in [-0.05, 0) is 25.1 Å². The predicted molar refractivity (Wildman–Crippen MR) is 106 cm³/mol. The molecule has 4 aromatic rings. The van der Waals surface area contributed by atoms with Gasteiger partial charge in [-0.1, -0.05) is 30.3 Å². The summed E-state index contributed by atoms with van der Waals surface area (Å²) in [5, 5.41) is 6.66. The minimum Gasteiger partial charge on any atom is -0.497 e. The van der Waals surface area contributed by atoms with Gasteiger partial charge < -0.3 is 14.5 Å². The first-order chi connectivity index (χ1) is 13.2. The van der Waals surface area contributed by atoms with Gasteiger partial charge in [0.15, 0.2) is 5.76 Å². The topological polar surface area (TPSA) is 64.4 Å². The number of rotatable bonds is 5. The fraction of sp³-hybridized carbons (Fsp3) is 0.143. The molecule has 0 spiro atoms. The maximum Gasteiger partial charge on any atom is 0.287 e. The summed E-state index contributed by atoms with van der Waals surface area (Å²) in [7, 11) is 1.61. The number of amides is 1. The Hall–Kier alpha value is -3.12. The number of carbonyl (C=O) groups excluding carboxylic acids is 1. The number of ether oxygens (including phenoxy) is 1. The number of aromatic nitrogens is 1. The van der Waals surface area contributed by atoms with Gasteiger partial charge >= 0.3 is 0 Å². The Morgan fingerprint density at radius 3 is 2.81 bits per heavy atom. The van der Waals surface area contributed by atoms with Crippen molar-refractivity contribution in [3.05, 3.63) is 70.9 Å². The summed E-state index contributed by atoms with van der Waals surface area (Å²) in [6.45, 7) is 2.22. The van der Waals surface area contributed by atoms with Gasteiger partial charge in [-0.3, -0.25) is 4.79 Å². The Morgan fingerprint density at radius 2 is 2.04 bits per heavy atom. The van der Waals surface area contributed by atoms with Gasteiger partial charge in [-0.2, -0.15) is 0 Å². The summed E-state index contributed by atoms with van der Waals surface area (Å²) in [4.78, 5) is 17.2. The number of nitrogens with zero attached hydrogens (tertiary/aromatic N) is 1. The van der Waals surface area contributed by atoms with E-state index in [2.05, 4.69) is 10.3 Å². The summed E-state index contributed by atoms with van der Waals surface area (Å²) < 4.78 is 11.0. The molecule has 6 heteroatoms. The van der Waals surface area contributed by atoms with E-state index in [1.54, 1.807) is 18.4 Å². The highest BCUT2D eigenvalue weighted by molar-refractivity contribution is 7.13. The third-order valence-electron chi connectivity index (χ3n) is 4.35. The lowest BCUT2D eigenvalue weighted by atomic mass is 10.1. The normalized spacial score (nSPS) is 10.9. The molecule has 1 amide bonds. The number of benzene rings is 2. The summed E-state index contributed by atoms with van der Waals surface area (Å²) >= 11 is 1.56. The Labute approximate surface area is 160 Å². The Bertz CT molecular complexity index is 1100. The second-order valence-electron chi connectivity index (χ2n) is 6.11. The minimum absolute atomic E-state index is 0.253. The molecule has 0 bridgehead atoms. The van der Waals surface area contributed by atoms with Gasteiger partial charge in [0.1, 0.15) is 16.3 Å². The minimum atomic E-state index is -0.253. The molecule has 0 aliphatic rings. The third kappa shape index (κ3) is 3.44. The number of aryl methyl sites for hydroxylation is 1. The van der Waals surface area contributed by atoms with Crippen LogP contribution in [0.4, 0.5) is 0 Å². The van der Waals surface area contributed by atoms with Crippen LogP contribution in [0.25, 0.3) is 21.5 Å². The van der Waals surface area contributed by atoms with Crippen molar-refractivity contribution in [2.45, 2.75) is 13.5 Å². The second kappa shape index (κ2) is 7.25. The number of thiazole rings is 1. The van der Waals surface area contributed by atoms with Crippen LogP contribution in [0.5, 0.6) is 5.75 Å². The standard InChI is InChI=1S/C21H18N2O3S/c1-13-17-10-16(25-2)8-9-18(17)26-19(13)20(24)22-11-15-12-27-21(23-15)14-6-4-3-5-7-14/h3-10,12H,11H2,1-2H3,(H,22,24). The van der Waals surface area contributed by atoms with Crippen molar-refractivity contribution >= 4 is 28.2 Å². The average molecular weight is 378 g/mol. The van der Waals surface area contributed by atoms with Crippen molar-refractivity contribution < 1.29 is 13.9 Å². The molecule has 0 saturated heterocycles. The molecular formula is C21H18N2O3S. The SMILES string of the molecule is COc1ccc2oc(C(=O)NCc3csc(-c4ccccc4)n3)c(C)c2c1. The Balaban J connectivity index is 1.49. The number of fused-ring (bicyclic) bond motifs is 1. The van der Waals surface area contributed by atoms with Crippen LogP contribution >= 0.6 is 11.3 Å². The monoisotopic (exact) mass is 378 g/mol. The van der Waals surface area contributed by atoms with E-state index in [0.717, 1.165) is 33.0 Å². The molecule has 136 valence electrons. The van der Waals surface area contributed by atoms with E-state index in [-0.39, 0.29) is 5.91 Å². The summed E-state index contributed by atoms with van der Waals surface area (Å²) in [5.74, 6) is 0.794. The van der Waals surface area contributed by atoms with Gasteiger partial charge in [0, 0.05) is 21.9 Å². The highest BCUT2D eigenvalue weighted by Gasteiger charge is 2.18. The van der Waals surface area contributed by atoms with Crippen molar-refractivity contribution in [1.29, 1.82) is 0 Å². The van der Waals surface area contributed by atoms with Crippen LogP contribution in [0.15, 0.2) is 58.3 Å². The molecule has 0 radical (unpaired) electrons. The van der Waals surface area contributed by atoms with Gasteiger partial charge in [-0.25, -0.2) is 4.98 Å². The van der Waals surface area contributed by atoms with Crippen LogP contribution in [0, 0.1) is 6.92 Å². The smallest absolute Gasteiger partial charge is 0.287 e. The van der Waals surface area contributed by atoms with E-state index in [9.17, 15) is 4.79 Å². The zero-order valence-corrected chi connectivity index (χ0v) is 15.8. The molecular weight excluding hydrogens is 360 g/mol. The Morgan fingerprint density at radius 1 is 1.22 bits per heavy atom. The quantitative estimate of drug-likeness (QED) is 0.542. The van der Waals surface area contributed by atoms with E-state index in [1.165, 1.54) is 0 Å². The molecule has 5 nitrogen and oxygen atoms in total. The zero-order chi connectivity index (χ0) is 18.8. The summed E-state index contributed by atoms with van der Waals surface area (Å²) in [5.41, 5.74) is 3.35. The lowest BCUT2D eigenvalue weighted by molar-refractivity contribution is 0.0924. The second-order valence-corrected chi connectivity index (χ2v) is 6.97. The predicted octanol–water partition coefficient (Wildman–Crippen LogP) is 4.80. The fourth-order valence-electron chi connectivity index (χ4n) is 2.90. The first-order valence-electron chi connectivity index (χ1n) is 8.51.